The van der Waals surface area contributed by atoms with Crippen LogP contribution in [0.3, 0.4) is 0 Å². The van der Waals surface area contributed by atoms with E-state index in [0.29, 0.717) is 128 Å². The Balaban J connectivity index is 1.10. The average molecular weight is 798 g/mol. The number of carbonyl (C=O) groups excluding carboxylic acids is 1. The molecule has 1 heterocycles. The molecule has 0 aliphatic carbocycles. The summed E-state index contributed by atoms with van der Waals surface area (Å²) in [6.07, 6.45) is 1.94. The molecule has 0 fully saturated rings. The summed E-state index contributed by atoms with van der Waals surface area (Å²) < 4.78 is 45.6. The quantitative estimate of drug-likeness (QED) is 0.0371. The van der Waals surface area contributed by atoms with E-state index in [1.54, 1.807) is 7.11 Å². The van der Waals surface area contributed by atoms with Gasteiger partial charge in [0.25, 0.3) is 0 Å². The molecule has 0 saturated heterocycles. The number of quaternary nitrogens is 1. The Bertz CT molecular complexity index is 1620. The monoisotopic (exact) mass is 797 g/mol. The van der Waals surface area contributed by atoms with Gasteiger partial charge in [0.15, 0.2) is 5.78 Å². The van der Waals surface area contributed by atoms with Crippen LogP contribution in [0.4, 0.5) is 0 Å². The lowest BCUT2D eigenvalue weighted by Gasteiger charge is -2.29. The van der Waals surface area contributed by atoms with Crippen molar-refractivity contribution in [1.82, 2.24) is 4.98 Å². The number of hydrogen-bond donors (Lipinski definition) is 1. The number of para-hydroxylation sites is 1. The fraction of sp³-hybridized carbons (Fsp3) is 0.605. The number of methoxy groups -OCH3 is 1. The second-order valence-corrected chi connectivity index (χ2v) is 13.8. The molecule has 0 aliphatic rings. The summed E-state index contributed by atoms with van der Waals surface area (Å²) in [6, 6.07) is 17.7. The molecular formula is C43H65N4O10+. The zero-order valence-electron chi connectivity index (χ0n) is 34.6. The van der Waals surface area contributed by atoms with Crippen molar-refractivity contribution in [2.45, 2.75) is 32.8 Å². The molecule has 0 bridgehead atoms. The van der Waals surface area contributed by atoms with Crippen LogP contribution in [0.1, 0.15) is 42.1 Å². The van der Waals surface area contributed by atoms with Crippen molar-refractivity contribution in [2.75, 3.05) is 140 Å². The largest absolute Gasteiger partial charge is 0.496 e. The summed E-state index contributed by atoms with van der Waals surface area (Å²) in [4.78, 5) is 26.3. The van der Waals surface area contributed by atoms with Crippen LogP contribution in [0, 0.1) is 0 Å². The first-order chi connectivity index (χ1) is 27.9. The molecular weight excluding hydrogens is 732 g/mol. The predicted octanol–water partition coefficient (Wildman–Crippen LogP) is 5.14. The van der Waals surface area contributed by atoms with Crippen LogP contribution in [0.15, 0.2) is 58.5 Å². The Morgan fingerprint density at radius 2 is 1.30 bits per heavy atom. The van der Waals surface area contributed by atoms with E-state index in [0.717, 1.165) is 53.5 Å². The van der Waals surface area contributed by atoms with Gasteiger partial charge in [-0.1, -0.05) is 30.3 Å². The maximum Gasteiger partial charge on any atom is 0.163 e. The van der Waals surface area contributed by atoms with E-state index in [1.165, 1.54) is 0 Å². The van der Waals surface area contributed by atoms with Gasteiger partial charge in [0.05, 0.1) is 144 Å². The maximum absolute atomic E-state index is 13.3. The highest BCUT2D eigenvalue weighted by Crippen LogP contribution is 2.30. The van der Waals surface area contributed by atoms with Gasteiger partial charge in [-0.05, 0) is 31.5 Å². The van der Waals surface area contributed by atoms with Gasteiger partial charge in [0.1, 0.15) is 12.3 Å². The molecule has 0 unspecified atom stereocenters. The van der Waals surface area contributed by atoms with Crippen molar-refractivity contribution in [3.8, 4) is 17.0 Å². The van der Waals surface area contributed by atoms with Gasteiger partial charge in [0.2, 0.25) is 0 Å². The number of fused-ring (bicyclic) bond motifs is 1. The van der Waals surface area contributed by atoms with Gasteiger partial charge in [-0.25, -0.2) is 15.0 Å². The average Bonchev–Trinajstić information content (AvgIpc) is 3.22. The molecule has 14 heteroatoms. The number of aromatic nitrogens is 1. The maximum atomic E-state index is 13.3. The molecule has 0 amide bonds. The highest BCUT2D eigenvalue weighted by molar-refractivity contribution is 6.08. The van der Waals surface area contributed by atoms with Crippen LogP contribution in [0.5, 0.6) is 5.75 Å². The lowest BCUT2D eigenvalue weighted by molar-refractivity contribution is -0.890. The van der Waals surface area contributed by atoms with Crippen molar-refractivity contribution < 1.29 is 52.3 Å². The van der Waals surface area contributed by atoms with E-state index in [-0.39, 0.29) is 12.4 Å². The normalized spacial score (nSPS) is 11.5. The third-order valence-corrected chi connectivity index (χ3v) is 8.87. The van der Waals surface area contributed by atoms with Gasteiger partial charge in [-0.2, -0.15) is 0 Å². The topological polar surface area (TPSA) is 149 Å². The van der Waals surface area contributed by atoms with E-state index >= 15 is 0 Å². The van der Waals surface area contributed by atoms with Gasteiger partial charge in [-0.3, -0.25) is 4.79 Å². The summed E-state index contributed by atoms with van der Waals surface area (Å²) in [6.45, 7) is 12.4. The fourth-order valence-corrected chi connectivity index (χ4v) is 5.65. The van der Waals surface area contributed by atoms with Crippen molar-refractivity contribution in [1.29, 1.82) is 0 Å². The van der Waals surface area contributed by atoms with E-state index in [9.17, 15) is 9.90 Å². The van der Waals surface area contributed by atoms with Gasteiger partial charge >= 0.3 is 0 Å². The van der Waals surface area contributed by atoms with Crippen molar-refractivity contribution in [3.63, 3.8) is 0 Å². The number of ether oxygens (including phenoxy) is 8. The van der Waals surface area contributed by atoms with Gasteiger partial charge in [0, 0.05) is 48.1 Å². The summed E-state index contributed by atoms with van der Waals surface area (Å²) in [5.41, 5.74) is 3.53. The number of ketones is 1. The summed E-state index contributed by atoms with van der Waals surface area (Å²) in [7, 11) is 5.97. The highest BCUT2D eigenvalue weighted by Gasteiger charge is 2.16. The number of aliphatic imine (C=N–C) groups is 2. The summed E-state index contributed by atoms with van der Waals surface area (Å²) in [5.74, 6) is 0.603. The molecule has 3 aromatic rings. The summed E-state index contributed by atoms with van der Waals surface area (Å²) >= 11 is 0. The molecule has 57 heavy (non-hydrogen) atoms. The molecule has 0 saturated carbocycles. The molecule has 0 atom stereocenters. The van der Waals surface area contributed by atoms with E-state index in [2.05, 4.69) is 30.1 Å². The minimum Gasteiger partial charge on any atom is -0.496 e. The van der Waals surface area contributed by atoms with E-state index in [1.807, 2.05) is 55.5 Å². The van der Waals surface area contributed by atoms with Gasteiger partial charge in [-0.15, -0.1) is 0 Å². The molecule has 0 radical (unpaired) electrons. The Morgan fingerprint density at radius 3 is 1.88 bits per heavy atom. The smallest absolute Gasteiger partial charge is 0.163 e. The second-order valence-electron chi connectivity index (χ2n) is 13.8. The summed E-state index contributed by atoms with van der Waals surface area (Å²) in [5, 5.41) is 10.4. The molecule has 14 nitrogen and oxygen atoms in total. The van der Waals surface area contributed by atoms with E-state index < -0.39 is 0 Å². The zero-order valence-corrected chi connectivity index (χ0v) is 34.6. The minimum atomic E-state index is -0.126. The standard InChI is InChI=1S/C43H65N4O10/c1-5-44-35-45-15-9-16-47(2,3)17-19-52-21-23-54-25-27-56-29-31-57-30-28-55-26-24-53-22-20-51-18-8-12-42(49)39-33-41(46-40-11-7-6-10-38(39)40)36-13-14-37(34-48)43(32-36)50-4/h6-7,10-11,13-14,32-33,48H,5,8-9,12,15-31,34H2,1-4H3/q+1. The lowest BCUT2D eigenvalue weighted by Crippen LogP contribution is -2.43. The molecule has 3 rings (SSSR count). The SMILES string of the molecule is CCN=C=NCCC[N+](C)(C)CCOCCOCCOCCOCCOCCOCCOCCCC(=O)c1cc(-c2ccc(CO)c(OC)c2)nc2ccccc12. The number of hydrogen-bond acceptors (Lipinski definition) is 13. The second kappa shape index (κ2) is 29.5. The highest BCUT2D eigenvalue weighted by atomic mass is 16.6. The first-order valence-corrected chi connectivity index (χ1v) is 20.0. The number of carbonyl (C=O) groups is 1. The van der Waals surface area contributed by atoms with E-state index in [4.69, 9.17) is 42.9 Å². The zero-order chi connectivity index (χ0) is 40.8. The lowest BCUT2D eigenvalue weighted by atomic mass is 9.98. The van der Waals surface area contributed by atoms with Crippen LogP contribution >= 0.6 is 0 Å². The van der Waals surface area contributed by atoms with Crippen molar-refractivity contribution in [3.05, 3.63) is 59.7 Å². The number of rotatable bonds is 34. The Labute approximate surface area is 338 Å². The van der Waals surface area contributed by atoms with Crippen molar-refractivity contribution in [2.24, 2.45) is 9.98 Å². The predicted molar refractivity (Wildman–Crippen MR) is 221 cm³/mol. The Hall–Kier alpha value is -3.66. The number of benzene rings is 2. The Morgan fingerprint density at radius 1 is 0.719 bits per heavy atom. The molecule has 1 N–H and O–H groups in total. The third kappa shape index (κ3) is 20.0. The number of nitrogens with zero attached hydrogens (tertiary/aromatic N) is 4. The van der Waals surface area contributed by atoms with Crippen molar-refractivity contribution >= 4 is 22.7 Å². The first kappa shape index (κ1) is 47.7. The number of pyridine rings is 1. The van der Waals surface area contributed by atoms with Crippen LogP contribution in [-0.4, -0.2) is 166 Å². The molecule has 1 aromatic heterocycles. The number of Topliss-reactive ketones (excluding diaryl/α,β-unsaturated/α-hetero) is 1. The number of likely N-dealkylation sites (N-methyl/N-ethyl adjacent to an activating group) is 1. The molecule has 316 valence electrons. The van der Waals surface area contributed by atoms with Crippen LogP contribution in [0.2, 0.25) is 0 Å². The molecule has 0 aliphatic heterocycles. The third-order valence-electron chi connectivity index (χ3n) is 8.87. The van der Waals surface area contributed by atoms with Gasteiger partial charge < -0.3 is 47.5 Å². The Kier molecular flexibility index (Phi) is 24.7. The van der Waals surface area contributed by atoms with Crippen LogP contribution in [0.25, 0.3) is 22.2 Å². The fourth-order valence-electron chi connectivity index (χ4n) is 5.65. The van der Waals surface area contributed by atoms with Crippen LogP contribution < -0.4 is 4.74 Å². The van der Waals surface area contributed by atoms with Crippen LogP contribution in [-0.2, 0) is 39.8 Å². The number of aliphatic hydroxyl groups excluding tert-OH is 1. The molecule has 2 aromatic carbocycles. The first-order valence-electron chi connectivity index (χ1n) is 20.0. The minimum absolute atomic E-state index is 0.0303. The molecule has 0 spiro atoms. The number of aliphatic hydroxyl groups is 1.